The maximum absolute atomic E-state index is 5.89. The lowest BCUT2D eigenvalue weighted by Gasteiger charge is -2.12. The Balaban J connectivity index is 1.75. The fourth-order valence-corrected chi connectivity index (χ4v) is 4.40. The van der Waals surface area contributed by atoms with E-state index in [1.54, 1.807) is 0 Å². The molecule has 0 aromatic heterocycles. The van der Waals surface area contributed by atoms with Crippen LogP contribution in [0.5, 0.6) is 0 Å². The quantitative estimate of drug-likeness (QED) is 0.683. The summed E-state index contributed by atoms with van der Waals surface area (Å²) in [5.74, 6) is 2.90. The van der Waals surface area contributed by atoms with Crippen LogP contribution in [0.25, 0.3) is 0 Å². The number of hydrogen-bond donors (Lipinski definition) is 0. The number of halogens is 2. The number of rotatable bonds is 2. The molecule has 1 aromatic carbocycles. The van der Waals surface area contributed by atoms with Gasteiger partial charge < -0.3 is 0 Å². The van der Waals surface area contributed by atoms with E-state index in [0.29, 0.717) is 4.83 Å². The van der Waals surface area contributed by atoms with Crippen LogP contribution in [0.1, 0.15) is 29.7 Å². The Bertz CT molecular complexity index is 349. The third kappa shape index (κ3) is 1.74. The highest BCUT2D eigenvalue weighted by Crippen LogP contribution is 2.64. The van der Waals surface area contributed by atoms with Gasteiger partial charge in [0.1, 0.15) is 0 Å². The van der Waals surface area contributed by atoms with E-state index in [1.807, 2.05) is 12.1 Å². The second-order valence-electron chi connectivity index (χ2n) is 4.79. The summed E-state index contributed by atoms with van der Waals surface area (Å²) in [5.41, 5.74) is 1.39. The molecule has 0 spiro atoms. The van der Waals surface area contributed by atoms with Gasteiger partial charge in [0, 0.05) is 9.85 Å². The molecule has 0 amide bonds. The summed E-state index contributed by atoms with van der Waals surface area (Å²) in [6, 6.07) is 8.28. The molecular formula is C13H14BrCl. The Morgan fingerprint density at radius 3 is 2.33 bits per heavy atom. The molecule has 2 heteroatoms. The number of fused-ring (bicyclic) bond motifs is 1. The second kappa shape index (κ2) is 3.78. The normalized spacial score (nSPS) is 34.9. The number of hydrogen-bond acceptors (Lipinski definition) is 0. The van der Waals surface area contributed by atoms with Crippen LogP contribution in [-0.2, 0) is 0 Å². The van der Waals surface area contributed by atoms with Crippen LogP contribution in [0.4, 0.5) is 0 Å². The van der Waals surface area contributed by atoms with Gasteiger partial charge in [0.15, 0.2) is 0 Å². The minimum absolute atomic E-state index is 0.546. The maximum Gasteiger partial charge on any atom is 0.0429 e. The molecule has 0 aliphatic heterocycles. The van der Waals surface area contributed by atoms with Crippen LogP contribution in [0.3, 0.4) is 0 Å². The molecule has 0 N–H and O–H groups in total. The van der Waals surface area contributed by atoms with Gasteiger partial charge in [0.2, 0.25) is 0 Å². The standard InChI is InChI=1S/C13H14BrCl/c14-13(8-4-6-9(15)7-5-8)12-10-2-1-3-11(10)12/h4-7,10-13H,1-3H2. The smallest absolute Gasteiger partial charge is 0.0429 e. The molecule has 2 aliphatic rings. The van der Waals surface area contributed by atoms with Gasteiger partial charge in [0.25, 0.3) is 0 Å². The Morgan fingerprint density at radius 1 is 1.13 bits per heavy atom. The summed E-state index contributed by atoms with van der Waals surface area (Å²) in [4.78, 5) is 0.546. The zero-order chi connectivity index (χ0) is 10.4. The minimum atomic E-state index is 0.546. The van der Waals surface area contributed by atoms with E-state index in [9.17, 15) is 0 Å². The Labute approximate surface area is 104 Å². The summed E-state index contributed by atoms with van der Waals surface area (Å²) in [7, 11) is 0. The van der Waals surface area contributed by atoms with E-state index < -0.39 is 0 Å². The average molecular weight is 286 g/mol. The van der Waals surface area contributed by atoms with Crippen molar-refractivity contribution in [2.24, 2.45) is 17.8 Å². The van der Waals surface area contributed by atoms with E-state index in [1.165, 1.54) is 24.8 Å². The highest BCUT2D eigenvalue weighted by Gasteiger charge is 2.55. The Morgan fingerprint density at radius 2 is 1.73 bits per heavy atom. The van der Waals surface area contributed by atoms with Gasteiger partial charge in [-0.3, -0.25) is 0 Å². The van der Waals surface area contributed by atoms with Crippen molar-refractivity contribution in [2.45, 2.75) is 24.1 Å². The molecule has 0 saturated heterocycles. The number of benzene rings is 1. The van der Waals surface area contributed by atoms with Crippen LogP contribution in [0.2, 0.25) is 5.02 Å². The van der Waals surface area contributed by atoms with Crippen LogP contribution in [0, 0.1) is 17.8 Å². The molecule has 1 aromatic rings. The Kier molecular flexibility index (Phi) is 2.56. The SMILES string of the molecule is Clc1ccc(C(Br)C2C3CCCC32)cc1. The van der Waals surface area contributed by atoms with Crippen molar-refractivity contribution in [3.63, 3.8) is 0 Å². The van der Waals surface area contributed by atoms with Gasteiger partial charge in [-0.1, -0.05) is 46.1 Å². The largest absolute Gasteiger partial charge is 0.0843 e. The molecule has 2 saturated carbocycles. The van der Waals surface area contributed by atoms with Crippen molar-refractivity contribution in [2.75, 3.05) is 0 Å². The zero-order valence-corrected chi connectivity index (χ0v) is 10.8. The first-order chi connectivity index (χ1) is 7.27. The summed E-state index contributed by atoms with van der Waals surface area (Å²) in [6.45, 7) is 0. The molecule has 80 valence electrons. The maximum atomic E-state index is 5.89. The lowest BCUT2D eigenvalue weighted by Crippen LogP contribution is -1.97. The van der Waals surface area contributed by atoms with Crippen molar-refractivity contribution >= 4 is 27.5 Å². The van der Waals surface area contributed by atoms with E-state index in [2.05, 4.69) is 28.1 Å². The molecule has 2 fully saturated rings. The van der Waals surface area contributed by atoms with Crippen molar-refractivity contribution in [1.82, 2.24) is 0 Å². The fraction of sp³-hybridized carbons (Fsp3) is 0.538. The molecule has 0 bridgehead atoms. The molecule has 0 heterocycles. The average Bonchev–Trinajstić information content (AvgIpc) is 2.72. The third-order valence-corrected chi connectivity index (χ3v) is 5.39. The predicted molar refractivity (Wildman–Crippen MR) is 67.4 cm³/mol. The molecule has 0 nitrogen and oxygen atoms in total. The topological polar surface area (TPSA) is 0 Å². The van der Waals surface area contributed by atoms with Gasteiger partial charge in [0.05, 0.1) is 0 Å². The summed E-state index contributed by atoms with van der Waals surface area (Å²) >= 11 is 9.74. The molecular weight excluding hydrogens is 272 g/mol. The van der Waals surface area contributed by atoms with Crippen molar-refractivity contribution < 1.29 is 0 Å². The highest BCUT2D eigenvalue weighted by atomic mass is 79.9. The number of alkyl halides is 1. The van der Waals surface area contributed by atoms with Gasteiger partial charge in [-0.05, 0) is 48.3 Å². The molecule has 2 aliphatic carbocycles. The van der Waals surface area contributed by atoms with Crippen molar-refractivity contribution in [3.05, 3.63) is 34.9 Å². The Hall–Kier alpha value is -0.0100. The first-order valence-corrected chi connectivity index (χ1v) is 6.96. The molecule has 15 heavy (non-hydrogen) atoms. The van der Waals surface area contributed by atoms with Crippen LogP contribution >= 0.6 is 27.5 Å². The fourth-order valence-electron chi connectivity index (χ4n) is 3.18. The molecule has 3 rings (SSSR count). The molecule has 0 radical (unpaired) electrons. The van der Waals surface area contributed by atoms with E-state index in [4.69, 9.17) is 11.6 Å². The summed E-state index contributed by atoms with van der Waals surface area (Å²) in [6.07, 6.45) is 4.35. The van der Waals surface area contributed by atoms with Crippen molar-refractivity contribution in [1.29, 1.82) is 0 Å². The first-order valence-electron chi connectivity index (χ1n) is 5.67. The van der Waals surface area contributed by atoms with Crippen LogP contribution in [0.15, 0.2) is 24.3 Å². The van der Waals surface area contributed by atoms with Gasteiger partial charge >= 0.3 is 0 Å². The van der Waals surface area contributed by atoms with Gasteiger partial charge in [-0.15, -0.1) is 0 Å². The summed E-state index contributed by atoms with van der Waals surface area (Å²) < 4.78 is 0. The lowest BCUT2D eigenvalue weighted by atomic mass is 10.0. The zero-order valence-electron chi connectivity index (χ0n) is 8.50. The van der Waals surface area contributed by atoms with Gasteiger partial charge in [-0.2, -0.15) is 0 Å². The van der Waals surface area contributed by atoms with Gasteiger partial charge in [-0.25, -0.2) is 0 Å². The van der Waals surface area contributed by atoms with E-state index in [-0.39, 0.29) is 0 Å². The van der Waals surface area contributed by atoms with Crippen molar-refractivity contribution in [3.8, 4) is 0 Å². The lowest BCUT2D eigenvalue weighted by molar-refractivity contribution is 0.583. The van der Waals surface area contributed by atoms with E-state index in [0.717, 1.165) is 22.8 Å². The van der Waals surface area contributed by atoms with E-state index >= 15 is 0 Å². The van der Waals surface area contributed by atoms with Crippen LogP contribution in [-0.4, -0.2) is 0 Å². The molecule has 3 atom stereocenters. The minimum Gasteiger partial charge on any atom is -0.0843 e. The first kappa shape index (κ1) is 10.2. The predicted octanol–water partition coefficient (Wildman–Crippen LogP) is 4.82. The monoisotopic (exact) mass is 284 g/mol. The highest BCUT2D eigenvalue weighted by molar-refractivity contribution is 9.09. The third-order valence-electron chi connectivity index (χ3n) is 4.00. The second-order valence-corrected chi connectivity index (χ2v) is 6.21. The molecule has 3 unspecified atom stereocenters. The summed E-state index contributed by atoms with van der Waals surface area (Å²) in [5, 5.41) is 0.828. The van der Waals surface area contributed by atoms with Crippen LogP contribution < -0.4 is 0 Å².